The van der Waals surface area contributed by atoms with E-state index < -0.39 is 22.2 Å². The number of thioether (sulfide) groups is 1. The number of rotatable bonds is 4. The Kier molecular flexibility index (Phi) is 4.75. The first-order valence-electron chi connectivity index (χ1n) is 6.50. The number of hydrogen-bond donors (Lipinski definition) is 1. The molecule has 0 radical (unpaired) electrons. The van der Waals surface area contributed by atoms with Crippen LogP contribution in [0.25, 0.3) is 0 Å². The fourth-order valence-electron chi connectivity index (χ4n) is 2.65. The number of hydrogen-bond acceptors (Lipinski definition) is 4. The normalized spacial score (nSPS) is 26.9. The molecule has 1 saturated heterocycles. The summed E-state index contributed by atoms with van der Waals surface area (Å²) in [5.74, 6) is -0.505. The number of nitrogens with zero attached hydrogens (tertiary/aromatic N) is 2. The van der Waals surface area contributed by atoms with E-state index in [1.165, 1.54) is 16.1 Å². The first-order chi connectivity index (χ1) is 8.94. The van der Waals surface area contributed by atoms with Crippen LogP contribution >= 0.6 is 11.8 Å². The highest BCUT2D eigenvalue weighted by Gasteiger charge is 2.42. The minimum Gasteiger partial charge on any atom is -0.480 e. The summed E-state index contributed by atoms with van der Waals surface area (Å²) in [4.78, 5) is 11.1. The number of aliphatic carboxylic acids is 1. The summed E-state index contributed by atoms with van der Waals surface area (Å²) in [7, 11) is -2.09. The minimum atomic E-state index is -3.67. The molecule has 2 rings (SSSR count). The van der Waals surface area contributed by atoms with Crippen molar-refractivity contribution in [3.05, 3.63) is 0 Å². The van der Waals surface area contributed by atoms with Gasteiger partial charge in [0.15, 0.2) is 0 Å². The molecule has 2 aliphatic rings. The van der Waals surface area contributed by atoms with Gasteiger partial charge in [-0.2, -0.15) is 17.0 Å². The number of carboxylic acid groups (broad SMARTS) is 1. The highest BCUT2D eigenvalue weighted by Crippen LogP contribution is 2.29. The molecular formula is C11H20N2O4S2. The molecule has 0 aromatic heterocycles. The predicted octanol–water partition coefficient (Wildman–Crippen LogP) is 0.955. The van der Waals surface area contributed by atoms with Gasteiger partial charge in [-0.3, -0.25) is 4.79 Å². The zero-order valence-electron chi connectivity index (χ0n) is 11.0. The van der Waals surface area contributed by atoms with E-state index in [2.05, 4.69) is 0 Å². The van der Waals surface area contributed by atoms with Gasteiger partial charge in [-0.25, -0.2) is 0 Å². The Bertz CT molecular complexity index is 434. The zero-order valence-corrected chi connectivity index (χ0v) is 12.6. The monoisotopic (exact) mass is 308 g/mol. The quantitative estimate of drug-likeness (QED) is 0.837. The Hall–Kier alpha value is -0.310. The standard InChI is InChI=1S/C11H20N2O4S2/c1-12(9-5-3-2-4-6-9)19(16,17)13-8-18-7-10(13)11(14)15/h9-10H,2-8H2,1H3,(H,14,15)/t10-/m0/s1. The van der Waals surface area contributed by atoms with Gasteiger partial charge in [-0.15, -0.1) is 11.8 Å². The molecule has 0 aromatic carbocycles. The summed E-state index contributed by atoms with van der Waals surface area (Å²) in [5.41, 5.74) is 0. The molecule has 0 amide bonds. The van der Waals surface area contributed by atoms with Gasteiger partial charge < -0.3 is 5.11 Å². The third kappa shape index (κ3) is 3.07. The predicted molar refractivity (Wildman–Crippen MR) is 74.1 cm³/mol. The van der Waals surface area contributed by atoms with E-state index in [-0.39, 0.29) is 11.9 Å². The van der Waals surface area contributed by atoms with E-state index in [9.17, 15) is 13.2 Å². The second-order valence-electron chi connectivity index (χ2n) is 5.06. The molecule has 1 aliphatic carbocycles. The van der Waals surface area contributed by atoms with Crippen molar-refractivity contribution < 1.29 is 18.3 Å². The maximum atomic E-state index is 12.5. The van der Waals surface area contributed by atoms with Crippen molar-refractivity contribution in [3.63, 3.8) is 0 Å². The van der Waals surface area contributed by atoms with Crippen LogP contribution in [0.2, 0.25) is 0 Å². The lowest BCUT2D eigenvalue weighted by Crippen LogP contribution is -2.51. The topological polar surface area (TPSA) is 77.9 Å². The Labute approximate surface area is 118 Å². The lowest BCUT2D eigenvalue weighted by atomic mass is 9.96. The average Bonchev–Trinajstić information content (AvgIpc) is 2.89. The van der Waals surface area contributed by atoms with Crippen LogP contribution in [0.4, 0.5) is 0 Å². The third-order valence-corrected chi connectivity index (χ3v) is 7.05. The van der Waals surface area contributed by atoms with Gasteiger partial charge in [0.2, 0.25) is 0 Å². The van der Waals surface area contributed by atoms with Crippen LogP contribution in [0.5, 0.6) is 0 Å². The van der Waals surface area contributed by atoms with E-state index in [1.54, 1.807) is 7.05 Å². The van der Waals surface area contributed by atoms with Crippen LogP contribution in [-0.2, 0) is 15.0 Å². The van der Waals surface area contributed by atoms with Crippen LogP contribution in [0.3, 0.4) is 0 Å². The van der Waals surface area contributed by atoms with Crippen LogP contribution in [0, 0.1) is 0 Å². The van der Waals surface area contributed by atoms with Crippen molar-refractivity contribution in [1.82, 2.24) is 8.61 Å². The van der Waals surface area contributed by atoms with Crippen molar-refractivity contribution in [3.8, 4) is 0 Å². The number of carbonyl (C=O) groups is 1. The van der Waals surface area contributed by atoms with Crippen molar-refractivity contribution in [2.75, 3.05) is 18.7 Å². The summed E-state index contributed by atoms with van der Waals surface area (Å²) >= 11 is 1.35. The molecule has 0 aromatic rings. The van der Waals surface area contributed by atoms with Gasteiger partial charge in [-0.1, -0.05) is 19.3 Å². The van der Waals surface area contributed by atoms with Gasteiger partial charge in [0, 0.05) is 18.8 Å². The lowest BCUT2D eigenvalue weighted by Gasteiger charge is -2.34. The second kappa shape index (κ2) is 5.99. The molecule has 6 nitrogen and oxygen atoms in total. The third-order valence-electron chi connectivity index (χ3n) is 3.88. The van der Waals surface area contributed by atoms with Crippen molar-refractivity contribution >= 4 is 27.9 Å². The fraction of sp³-hybridized carbons (Fsp3) is 0.909. The molecular weight excluding hydrogens is 288 g/mol. The zero-order chi connectivity index (χ0) is 14.0. The summed E-state index contributed by atoms with van der Waals surface area (Å²) in [5, 5.41) is 9.10. The van der Waals surface area contributed by atoms with E-state index >= 15 is 0 Å². The van der Waals surface area contributed by atoms with Crippen molar-refractivity contribution in [2.45, 2.75) is 44.2 Å². The van der Waals surface area contributed by atoms with Gasteiger partial charge >= 0.3 is 5.97 Å². The molecule has 0 unspecified atom stereocenters. The maximum Gasteiger partial charge on any atom is 0.322 e. The molecule has 1 saturated carbocycles. The molecule has 2 fully saturated rings. The molecule has 1 N–H and O–H groups in total. The Morgan fingerprint density at radius 1 is 1.32 bits per heavy atom. The first kappa shape index (κ1) is 15.1. The molecule has 19 heavy (non-hydrogen) atoms. The lowest BCUT2D eigenvalue weighted by molar-refractivity contribution is -0.140. The largest absolute Gasteiger partial charge is 0.480 e. The van der Waals surface area contributed by atoms with Gasteiger partial charge in [0.1, 0.15) is 6.04 Å². The van der Waals surface area contributed by atoms with E-state index in [0.717, 1.165) is 36.4 Å². The minimum absolute atomic E-state index is 0.0128. The molecule has 0 spiro atoms. The smallest absolute Gasteiger partial charge is 0.322 e. The first-order valence-corrected chi connectivity index (χ1v) is 9.05. The molecule has 0 bridgehead atoms. The highest BCUT2D eigenvalue weighted by molar-refractivity contribution is 8.00. The van der Waals surface area contributed by atoms with Gasteiger partial charge in [0.05, 0.1) is 5.88 Å². The highest BCUT2D eigenvalue weighted by atomic mass is 32.2. The van der Waals surface area contributed by atoms with Crippen molar-refractivity contribution in [2.24, 2.45) is 0 Å². The van der Waals surface area contributed by atoms with Crippen LogP contribution in [-0.4, -0.2) is 58.9 Å². The summed E-state index contributed by atoms with van der Waals surface area (Å²) < 4.78 is 27.5. The molecule has 1 atom stereocenters. The fourth-order valence-corrected chi connectivity index (χ4v) is 5.91. The summed E-state index contributed by atoms with van der Waals surface area (Å²) in [6, 6.07) is -0.917. The van der Waals surface area contributed by atoms with Gasteiger partial charge in [-0.05, 0) is 12.8 Å². The Morgan fingerprint density at radius 2 is 1.95 bits per heavy atom. The summed E-state index contributed by atoms with van der Waals surface area (Å²) in [6.45, 7) is 0. The maximum absolute atomic E-state index is 12.5. The van der Waals surface area contributed by atoms with Crippen LogP contribution in [0.15, 0.2) is 0 Å². The molecule has 8 heteroatoms. The second-order valence-corrected chi connectivity index (χ2v) is 8.00. The van der Waals surface area contributed by atoms with E-state index in [1.807, 2.05) is 0 Å². The average molecular weight is 308 g/mol. The molecule has 1 heterocycles. The van der Waals surface area contributed by atoms with Crippen molar-refractivity contribution in [1.29, 1.82) is 0 Å². The summed E-state index contributed by atoms with van der Waals surface area (Å²) in [6.07, 6.45) is 4.98. The van der Waals surface area contributed by atoms with Crippen LogP contribution in [0.1, 0.15) is 32.1 Å². The molecule has 1 aliphatic heterocycles. The SMILES string of the molecule is CN(C1CCCCC1)S(=O)(=O)N1CSC[C@H]1C(=O)O. The van der Waals surface area contributed by atoms with Crippen LogP contribution < -0.4 is 0 Å². The Balaban J connectivity index is 2.14. The van der Waals surface area contributed by atoms with E-state index in [4.69, 9.17) is 5.11 Å². The van der Waals surface area contributed by atoms with E-state index in [0.29, 0.717) is 5.75 Å². The number of carboxylic acids is 1. The molecule has 110 valence electrons. The Morgan fingerprint density at radius 3 is 2.53 bits per heavy atom. The van der Waals surface area contributed by atoms with Gasteiger partial charge in [0.25, 0.3) is 10.2 Å².